The molecule has 0 aromatic rings. The van der Waals surface area contributed by atoms with E-state index in [0.717, 1.165) is 0 Å². The Morgan fingerprint density at radius 3 is 1.33 bits per heavy atom. The lowest BCUT2D eigenvalue weighted by Crippen LogP contribution is -1.70. The number of hydrogen-bond donors (Lipinski definition) is 0. The van der Waals surface area contributed by atoms with Gasteiger partial charge in [0.1, 0.15) is 0 Å². The van der Waals surface area contributed by atoms with Gasteiger partial charge in [0.2, 0.25) is 0 Å². The Balaban J connectivity index is -0.000000180. The van der Waals surface area contributed by atoms with Crippen LogP contribution in [0.2, 0.25) is 0 Å². The molecule has 0 rings (SSSR count). The third kappa shape index (κ3) is 17.8. The van der Waals surface area contributed by atoms with E-state index in [4.69, 9.17) is 0 Å². The smallest absolute Gasteiger partial charge is 0 e. The number of hydrogen-bond acceptors (Lipinski definition) is 0. The average Bonchev–Trinajstić information content (AvgIpc) is 1.69. The molecule has 0 aliphatic rings. The van der Waals surface area contributed by atoms with Gasteiger partial charge in [-0.25, -0.2) is 0 Å². The predicted octanol–water partition coefficient (Wildman–Crippen LogP) is 3.02. The van der Waals surface area contributed by atoms with Crippen LogP contribution in [0.25, 0.3) is 0 Å². The molecule has 3 radical (unpaired) electrons. The molecule has 9 heavy (non-hydrogen) atoms. The molecule has 0 aliphatic carbocycles. The molecule has 0 saturated carbocycles. The van der Waals surface area contributed by atoms with Gasteiger partial charge in [0.25, 0.3) is 0 Å². The molecule has 0 N–H and O–H groups in total. The van der Waals surface area contributed by atoms with Gasteiger partial charge in [-0.2, -0.15) is 0 Å². The second kappa shape index (κ2) is 15.8. The Kier molecular flexibility index (Phi) is 28.3. The summed E-state index contributed by atoms with van der Waals surface area (Å²) >= 11 is 0. The summed E-state index contributed by atoms with van der Waals surface area (Å²) in [5.74, 6) is 0. The highest BCUT2D eigenvalue weighted by atomic mass is 35.5. The van der Waals surface area contributed by atoms with Gasteiger partial charge in [0, 0.05) is 8.41 Å². The van der Waals surface area contributed by atoms with Gasteiger partial charge in [0.05, 0.1) is 0 Å². The van der Waals surface area contributed by atoms with Gasteiger partial charge in [0.15, 0.2) is 0 Å². The molecule has 0 unspecified atom stereocenters. The van der Waals surface area contributed by atoms with E-state index in [1.807, 2.05) is 0 Å². The van der Waals surface area contributed by atoms with E-state index in [-0.39, 0.29) is 20.8 Å². The first-order valence-corrected chi connectivity index (χ1v) is 3.41. The van der Waals surface area contributed by atoms with Gasteiger partial charge < -0.3 is 0 Å². The maximum atomic E-state index is 2.25. The molecule has 0 bridgehead atoms. The van der Waals surface area contributed by atoms with Gasteiger partial charge in [-0.1, -0.05) is 46.0 Å². The second-order valence-electron chi connectivity index (χ2n) is 2.06. The molecule has 0 spiro atoms. The van der Waals surface area contributed by atoms with Crippen molar-refractivity contribution in [2.75, 3.05) is 0 Å². The molecule has 0 nitrogen and oxygen atoms in total. The molecular formula is C7H17BCl. The zero-order valence-corrected chi connectivity index (χ0v) is 7.34. The number of halogens is 1. The molecule has 2 heteroatoms. The SMILES string of the molecule is CCCCCCC.Cl.[B]. The van der Waals surface area contributed by atoms with E-state index in [9.17, 15) is 0 Å². The van der Waals surface area contributed by atoms with Crippen LogP contribution in [-0.4, -0.2) is 8.41 Å². The molecule has 0 aromatic heterocycles. The molecule has 0 amide bonds. The van der Waals surface area contributed by atoms with Crippen molar-refractivity contribution in [3.63, 3.8) is 0 Å². The van der Waals surface area contributed by atoms with Crippen molar-refractivity contribution in [2.24, 2.45) is 0 Å². The minimum Gasteiger partial charge on any atom is -0.147 e. The first kappa shape index (κ1) is 16.2. The minimum absolute atomic E-state index is 0. The highest BCUT2D eigenvalue weighted by Crippen LogP contribution is 2.00. The molecule has 0 fully saturated rings. The van der Waals surface area contributed by atoms with E-state index in [1.54, 1.807) is 0 Å². The van der Waals surface area contributed by atoms with Crippen LogP contribution in [0.15, 0.2) is 0 Å². The molecule has 0 atom stereocenters. The maximum Gasteiger partial charge on any atom is 0 e. The first-order valence-electron chi connectivity index (χ1n) is 3.41. The molecule has 0 aliphatic heterocycles. The quantitative estimate of drug-likeness (QED) is 0.424. The van der Waals surface area contributed by atoms with Crippen LogP contribution in [-0.2, 0) is 0 Å². The lowest BCUT2D eigenvalue weighted by Gasteiger charge is -1.90. The van der Waals surface area contributed by atoms with Crippen LogP contribution < -0.4 is 0 Å². The summed E-state index contributed by atoms with van der Waals surface area (Å²) < 4.78 is 0. The summed E-state index contributed by atoms with van der Waals surface area (Å²) in [4.78, 5) is 0. The summed E-state index contributed by atoms with van der Waals surface area (Å²) in [5, 5.41) is 0. The third-order valence-electron chi connectivity index (χ3n) is 1.21. The minimum atomic E-state index is 0. The summed E-state index contributed by atoms with van der Waals surface area (Å²) in [7, 11) is 0. The average molecular weight is 147 g/mol. The highest BCUT2D eigenvalue weighted by Gasteiger charge is 1.80. The molecule has 55 valence electrons. The van der Waals surface area contributed by atoms with Crippen LogP contribution in [0.1, 0.15) is 46.0 Å². The van der Waals surface area contributed by atoms with Crippen LogP contribution in [0.3, 0.4) is 0 Å². The van der Waals surface area contributed by atoms with Crippen LogP contribution in [0.5, 0.6) is 0 Å². The van der Waals surface area contributed by atoms with E-state index in [2.05, 4.69) is 13.8 Å². The van der Waals surface area contributed by atoms with Crippen LogP contribution in [0, 0.1) is 0 Å². The van der Waals surface area contributed by atoms with E-state index < -0.39 is 0 Å². The molecule has 0 heterocycles. The van der Waals surface area contributed by atoms with Gasteiger partial charge >= 0.3 is 0 Å². The van der Waals surface area contributed by atoms with E-state index in [0.29, 0.717) is 0 Å². The maximum absolute atomic E-state index is 2.25. The molecule has 0 saturated heterocycles. The van der Waals surface area contributed by atoms with Gasteiger partial charge in [-0.05, 0) is 0 Å². The van der Waals surface area contributed by atoms with Gasteiger partial charge in [-0.15, -0.1) is 12.4 Å². The van der Waals surface area contributed by atoms with E-state index >= 15 is 0 Å². The number of unbranched alkanes of at least 4 members (excludes halogenated alkanes) is 4. The summed E-state index contributed by atoms with van der Waals surface area (Å²) in [6, 6.07) is 0. The monoisotopic (exact) mass is 147 g/mol. The largest absolute Gasteiger partial charge is 0.147 e. The van der Waals surface area contributed by atoms with Crippen molar-refractivity contribution in [3.05, 3.63) is 0 Å². The number of rotatable bonds is 4. The Morgan fingerprint density at radius 1 is 0.778 bits per heavy atom. The Bertz CT molecular complexity index is 28.1. The Labute approximate surface area is 67.4 Å². The Morgan fingerprint density at radius 2 is 1.11 bits per heavy atom. The molecular weight excluding hydrogens is 130 g/mol. The van der Waals surface area contributed by atoms with Gasteiger partial charge in [-0.3, -0.25) is 0 Å². The summed E-state index contributed by atoms with van der Waals surface area (Å²) in [6.07, 6.45) is 7.01. The fourth-order valence-electron chi connectivity index (χ4n) is 0.677. The summed E-state index contributed by atoms with van der Waals surface area (Å²) in [5.41, 5.74) is 0. The predicted molar refractivity (Wildman–Crippen MR) is 47.4 cm³/mol. The normalized spacial score (nSPS) is 7.33. The molecule has 0 aromatic carbocycles. The van der Waals surface area contributed by atoms with Crippen molar-refractivity contribution in [1.82, 2.24) is 0 Å². The lowest BCUT2D eigenvalue weighted by atomic mass is 10.2. The fourth-order valence-corrected chi connectivity index (χ4v) is 0.677. The lowest BCUT2D eigenvalue weighted by molar-refractivity contribution is 0.656. The summed E-state index contributed by atoms with van der Waals surface area (Å²) in [6.45, 7) is 4.49. The standard InChI is InChI=1S/C7H16.B.ClH/c1-3-5-7-6-4-2;;/h3-7H2,1-2H3;;1H. The van der Waals surface area contributed by atoms with Crippen LogP contribution in [0.4, 0.5) is 0 Å². The highest BCUT2D eigenvalue weighted by molar-refractivity contribution is 5.85. The Hall–Kier alpha value is 0.355. The van der Waals surface area contributed by atoms with Crippen molar-refractivity contribution < 1.29 is 0 Å². The van der Waals surface area contributed by atoms with Crippen molar-refractivity contribution in [3.8, 4) is 0 Å². The fraction of sp³-hybridized carbons (Fsp3) is 1.00. The second-order valence-corrected chi connectivity index (χ2v) is 2.06. The zero-order valence-electron chi connectivity index (χ0n) is 6.52. The van der Waals surface area contributed by atoms with Crippen LogP contribution >= 0.6 is 12.4 Å². The van der Waals surface area contributed by atoms with Crippen molar-refractivity contribution in [1.29, 1.82) is 0 Å². The zero-order chi connectivity index (χ0) is 5.54. The first-order chi connectivity index (χ1) is 3.41. The van der Waals surface area contributed by atoms with Crippen molar-refractivity contribution >= 4 is 20.8 Å². The van der Waals surface area contributed by atoms with E-state index in [1.165, 1.54) is 32.1 Å². The topological polar surface area (TPSA) is 0 Å². The third-order valence-corrected chi connectivity index (χ3v) is 1.21. The van der Waals surface area contributed by atoms with Crippen molar-refractivity contribution in [2.45, 2.75) is 46.0 Å².